The standard InChI is InChI=1S/C15H21N4O5.Pb/c1-3-16-8-11(19-13(22)4-5-14(19)23)15(24)17-7-6-12(21)18-10(2)9-20;/h4-5,9-11,16H,2-3,6-8H2,1H3,(H,17,24)(H,18,21);. The van der Waals surface area contributed by atoms with Gasteiger partial charge in [-0.25, -0.2) is 0 Å². The fourth-order valence-electron chi connectivity index (χ4n) is 2.13. The van der Waals surface area contributed by atoms with E-state index in [1.54, 1.807) is 0 Å². The minimum absolute atomic E-state index is 0.00566. The van der Waals surface area contributed by atoms with E-state index in [-0.39, 0.29) is 25.4 Å². The van der Waals surface area contributed by atoms with Gasteiger partial charge in [0.05, 0.1) is 0 Å². The zero-order valence-corrected chi connectivity index (χ0v) is 17.8. The van der Waals surface area contributed by atoms with E-state index in [9.17, 15) is 24.0 Å². The molecule has 0 aliphatic carbocycles. The number of hydrogen-bond acceptors (Lipinski definition) is 6. The number of aldehydes is 1. The van der Waals surface area contributed by atoms with E-state index in [1.807, 2.05) is 6.92 Å². The molecule has 1 aliphatic heterocycles. The molecule has 0 fully saturated rings. The van der Waals surface area contributed by atoms with Crippen LogP contribution in [0.5, 0.6) is 0 Å². The number of hydrogen-bond donors (Lipinski definition) is 3. The van der Waals surface area contributed by atoms with E-state index >= 15 is 0 Å². The summed E-state index contributed by atoms with van der Waals surface area (Å²) >= 11 is 0.789. The zero-order chi connectivity index (χ0) is 18.8. The molecule has 0 saturated heterocycles. The average molecular weight is 545 g/mol. The van der Waals surface area contributed by atoms with Gasteiger partial charge < -0.3 is 0 Å². The summed E-state index contributed by atoms with van der Waals surface area (Å²) in [7, 11) is 0. The molecule has 0 aromatic carbocycles. The maximum atomic E-state index is 12.3. The summed E-state index contributed by atoms with van der Waals surface area (Å²) in [4.78, 5) is 59.2. The van der Waals surface area contributed by atoms with Crippen molar-refractivity contribution in [1.82, 2.24) is 20.9 Å². The SMILES string of the molecule is CCNCC(C(=O)NCCC(=O)NC(C=O)[CH2][Pb])N1C(=O)C=CC1=O. The van der Waals surface area contributed by atoms with Crippen LogP contribution in [0.2, 0.25) is 3.98 Å². The van der Waals surface area contributed by atoms with Gasteiger partial charge in [-0.05, 0) is 0 Å². The van der Waals surface area contributed by atoms with Crippen LogP contribution in [-0.4, -0.2) is 92.3 Å². The van der Waals surface area contributed by atoms with Gasteiger partial charge in [0.15, 0.2) is 0 Å². The molecule has 25 heavy (non-hydrogen) atoms. The first kappa shape index (κ1) is 21.4. The maximum absolute atomic E-state index is 12.3. The Morgan fingerprint density at radius 1 is 1.28 bits per heavy atom. The molecule has 2 unspecified atom stereocenters. The Morgan fingerprint density at radius 2 is 1.92 bits per heavy atom. The molecule has 4 amide bonds. The van der Waals surface area contributed by atoms with Crippen LogP contribution in [0.15, 0.2) is 12.2 Å². The van der Waals surface area contributed by atoms with Crippen LogP contribution >= 0.6 is 0 Å². The zero-order valence-electron chi connectivity index (χ0n) is 13.9. The van der Waals surface area contributed by atoms with Gasteiger partial charge >= 0.3 is 155 Å². The number of carbonyl (C=O) groups is 5. The van der Waals surface area contributed by atoms with E-state index in [2.05, 4.69) is 16.0 Å². The van der Waals surface area contributed by atoms with Crippen molar-refractivity contribution in [3.05, 3.63) is 12.2 Å². The molecule has 10 heteroatoms. The first-order valence-electron chi connectivity index (χ1n) is 7.87. The molecule has 0 bridgehead atoms. The molecule has 2 atom stereocenters. The quantitative estimate of drug-likeness (QED) is 0.152. The van der Waals surface area contributed by atoms with Crippen molar-refractivity contribution in [1.29, 1.82) is 0 Å². The van der Waals surface area contributed by atoms with Gasteiger partial charge in [-0.1, -0.05) is 6.92 Å². The van der Waals surface area contributed by atoms with E-state index in [4.69, 9.17) is 0 Å². The predicted octanol–water partition coefficient (Wildman–Crippen LogP) is -2.33. The van der Waals surface area contributed by atoms with Crippen molar-refractivity contribution >= 4 is 55.7 Å². The molecular weight excluding hydrogens is 523 g/mol. The number of imide groups is 1. The number of likely N-dealkylation sites (N-methyl/N-ethyl adjacent to an activating group) is 1. The van der Waals surface area contributed by atoms with Gasteiger partial charge in [0, 0.05) is 0 Å². The molecule has 1 aliphatic rings. The van der Waals surface area contributed by atoms with Crippen molar-refractivity contribution in [2.45, 2.75) is 29.4 Å². The van der Waals surface area contributed by atoms with E-state index in [0.29, 0.717) is 16.8 Å². The molecule has 1 rings (SSSR count). The normalized spacial score (nSPS) is 15.8. The number of rotatable bonds is 11. The first-order valence-corrected chi connectivity index (χ1v) is 10.6. The van der Waals surface area contributed by atoms with Crippen molar-refractivity contribution in [2.24, 2.45) is 0 Å². The van der Waals surface area contributed by atoms with Gasteiger partial charge in [-0.3, -0.25) is 0 Å². The summed E-state index contributed by atoms with van der Waals surface area (Å²) in [6.45, 7) is 2.58. The van der Waals surface area contributed by atoms with Crippen molar-refractivity contribution in [3.8, 4) is 0 Å². The Kier molecular flexibility index (Phi) is 9.49. The average Bonchev–Trinajstić information content (AvgIpc) is 2.92. The van der Waals surface area contributed by atoms with Crippen LogP contribution in [0, 0.1) is 0 Å². The number of nitrogens with zero attached hydrogens (tertiary/aromatic N) is 1. The van der Waals surface area contributed by atoms with Gasteiger partial charge in [-0.2, -0.15) is 0 Å². The van der Waals surface area contributed by atoms with Gasteiger partial charge in [-0.15, -0.1) is 0 Å². The predicted molar refractivity (Wildman–Crippen MR) is 89.5 cm³/mol. The van der Waals surface area contributed by atoms with Crippen LogP contribution in [0.25, 0.3) is 0 Å². The number of carbonyl (C=O) groups excluding carboxylic acids is 5. The second-order valence-corrected chi connectivity index (χ2v) is 6.85. The Bertz CT molecular complexity index is 548. The summed E-state index contributed by atoms with van der Waals surface area (Å²) in [5, 5.41) is 8.05. The third-order valence-electron chi connectivity index (χ3n) is 3.43. The fourth-order valence-corrected chi connectivity index (χ4v) is 2.90. The number of nitrogens with one attached hydrogen (secondary N) is 3. The second-order valence-electron chi connectivity index (χ2n) is 5.26. The van der Waals surface area contributed by atoms with Crippen molar-refractivity contribution < 1.29 is 24.0 Å². The Hall–Kier alpha value is -1.63. The van der Waals surface area contributed by atoms with E-state index < -0.39 is 29.8 Å². The molecule has 9 nitrogen and oxygen atoms in total. The molecule has 0 spiro atoms. The van der Waals surface area contributed by atoms with Crippen LogP contribution in [0.3, 0.4) is 0 Å². The van der Waals surface area contributed by atoms with E-state index in [0.717, 1.165) is 42.8 Å². The minimum atomic E-state index is -0.984. The molecule has 0 saturated carbocycles. The molecule has 3 radical (unpaired) electrons. The topological polar surface area (TPSA) is 125 Å². The Balaban J connectivity index is 2.55. The molecule has 0 aromatic heterocycles. The molecule has 1 heterocycles. The second kappa shape index (κ2) is 11.1. The summed E-state index contributed by atoms with van der Waals surface area (Å²) < 4.78 is 0.624. The monoisotopic (exact) mass is 545 g/mol. The van der Waals surface area contributed by atoms with Crippen molar-refractivity contribution in [3.63, 3.8) is 0 Å². The Labute approximate surface area is 161 Å². The van der Waals surface area contributed by atoms with Gasteiger partial charge in [0.1, 0.15) is 0 Å². The first-order chi connectivity index (χ1) is 11.9. The van der Waals surface area contributed by atoms with E-state index in [1.165, 1.54) is 0 Å². The van der Waals surface area contributed by atoms with Crippen LogP contribution < -0.4 is 16.0 Å². The van der Waals surface area contributed by atoms with Crippen molar-refractivity contribution in [2.75, 3.05) is 19.6 Å². The summed E-state index contributed by atoms with van der Waals surface area (Å²) in [6, 6.07) is -1.47. The van der Waals surface area contributed by atoms with Crippen LogP contribution in [-0.2, 0) is 24.0 Å². The molecule has 3 N–H and O–H groups in total. The van der Waals surface area contributed by atoms with Crippen LogP contribution in [0.1, 0.15) is 13.3 Å². The third kappa shape index (κ3) is 6.65. The molecular formula is C15H21N4O5Pb. The summed E-state index contributed by atoms with van der Waals surface area (Å²) in [5.41, 5.74) is 0. The molecule has 0 aromatic rings. The molecule has 135 valence electrons. The number of amides is 4. The van der Waals surface area contributed by atoms with Gasteiger partial charge in [0.25, 0.3) is 0 Å². The van der Waals surface area contributed by atoms with Gasteiger partial charge in [0.2, 0.25) is 0 Å². The fraction of sp³-hybridized carbons (Fsp3) is 0.533. The van der Waals surface area contributed by atoms with Crippen LogP contribution in [0.4, 0.5) is 0 Å². The summed E-state index contributed by atoms with van der Waals surface area (Å²) in [6.07, 6.45) is 2.94. The Morgan fingerprint density at radius 3 is 2.44 bits per heavy atom. The summed E-state index contributed by atoms with van der Waals surface area (Å²) in [5.74, 6) is -1.94. The third-order valence-corrected chi connectivity index (χ3v) is 5.14.